The van der Waals surface area contributed by atoms with Crippen molar-refractivity contribution in [3.63, 3.8) is 0 Å². The van der Waals surface area contributed by atoms with E-state index in [1.165, 1.54) is 44.3 Å². The van der Waals surface area contributed by atoms with E-state index in [4.69, 9.17) is 4.74 Å². The third kappa shape index (κ3) is 12.4. The SMILES string of the molecule is C=C(C)C(=O)OCCCNC(=O)CCCCCCCCC1CCSS1. The summed E-state index contributed by atoms with van der Waals surface area (Å²) in [6.07, 6.45) is 11.3. The van der Waals surface area contributed by atoms with Gasteiger partial charge >= 0.3 is 5.97 Å². The van der Waals surface area contributed by atoms with E-state index in [2.05, 4.69) is 22.7 Å². The van der Waals surface area contributed by atoms with Gasteiger partial charge in [-0.25, -0.2) is 4.79 Å². The lowest BCUT2D eigenvalue weighted by Crippen LogP contribution is -2.25. The quantitative estimate of drug-likeness (QED) is 0.199. The van der Waals surface area contributed by atoms with Crippen LogP contribution in [0.5, 0.6) is 0 Å². The zero-order valence-electron chi connectivity index (χ0n) is 15.5. The Hall–Kier alpha value is -0.620. The molecule has 1 saturated heterocycles. The van der Waals surface area contributed by atoms with E-state index in [0.29, 0.717) is 31.6 Å². The van der Waals surface area contributed by atoms with Crippen LogP contribution in [-0.4, -0.2) is 36.0 Å². The fourth-order valence-electron chi connectivity index (χ4n) is 2.61. The van der Waals surface area contributed by atoms with Gasteiger partial charge in [0.25, 0.3) is 0 Å². The first-order valence-electron chi connectivity index (χ1n) is 9.47. The Labute approximate surface area is 160 Å². The molecule has 1 fully saturated rings. The largest absolute Gasteiger partial charge is 0.462 e. The summed E-state index contributed by atoms with van der Waals surface area (Å²) >= 11 is 0. The first-order valence-corrected chi connectivity index (χ1v) is 11.9. The van der Waals surface area contributed by atoms with Crippen LogP contribution in [0.25, 0.3) is 0 Å². The molecule has 1 amide bonds. The van der Waals surface area contributed by atoms with Crippen LogP contribution in [0.4, 0.5) is 0 Å². The van der Waals surface area contributed by atoms with Gasteiger partial charge in [-0.2, -0.15) is 0 Å². The molecule has 0 aromatic rings. The zero-order chi connectivity index (χ0) is 18.3. The number of hydrogen-bond acceptors (Lipinski definition) is 5. The van der Waals surface area contributed by atoms with Crippen molar-refractivity contribution in [3.8, 4) is 0 Å². The molecule has 0 aromatic heterocycles. The molecule has 0 spiro atoms. The summed E-state index contributed by atoms with van der Waals surface area (Å²) in [5, 5.41) is 3.77. The van der Waals surface area contributed by atoms with E-state index in [-0.39, 0.29) is 11.9 Å². The average molecular weight is 388 g/mol. The predicted molar refractivity (Wildman–Crippen MR) is 109 cm³/mol. The maximum Gasteiger partial charge on any atom is 0.333 e. The van der Waals surface area contributed by atoms with E-state index in [1.807, 2.05) is 10.8 Å². The molecule has 0 saturated carbocycles. The van der Waals surface area contributed by atoms with Gasteiger partial charge in [0, 0.05) is 29.5 Å². The van der Waals surface area contributed by atoms with E-state index in [9.17, 15) is 9.59 Å². The highest BCUT2D eigenvalue weighted by atomic mass is 33.1. The monoisotopic (exact) mass is 387 g/mol. The van der Waals surface area contributed by atoms with Crippen LogP contribution in [0.1, 0.15) is 71.1 Å². The smallest absolute Gasteiger partial charge is 0.333 e. The molecule has 0 radical (unpaired) electrons. The van der Waals surface area contributed by atoms with Gasteiger partial charge in [0.05, 0.1) is 6.61 Å². The van der Waals surface area contributed by atoms with Gasteiger partial charge in [0.2, 0.25) is 5.91 Å². The highest BCUT2D eigenvalue weighted by Crippen LogP contribution is 2.39. The van der Waals surface area contributed by atoms with Crippen molar-refractivity contribution in [2.45, 2.75) is 76.4 Å². The molecular weight excluding hydrogens is 354 g/mol. The van der Waals surface area contributed by atoms with Crippen LogP contribution in [0.3, 0.4) is 0 Å². The number of carbonyl (C=O) groups is 2. The second kappa shape index (κ2) is 14.5. The van der Waals surface area contributed by atoms with Crippen LogP contribution in [0.15, 0.2) is 12.2 Å². The van der Waals surface area contributed by atoms with Gasteiger partial charge in [-0.1, -0.05) is 60.3 Å². The lowest BCUT2D eigenvalue weighted by atomic mass is 10.1. The summed E-state index contributed by atoms with van der Waals surface area (Å²) in [7, 11) is 4.10. The highest BCUT2D eigenvalue weighted by Gasteiger charge is 2.15. The molecule has 4 nitrogen and oxygen atoms in total. The Morgan fingerprint density at radius 2 is 1.84 bits per heavy atom. The van der Waals surface area contributed by atoms with E-state index in [0.717, 1.165) is 18.1 Å². The molecule has 144 valence electrons. The minimum Gasteiger partial charge on any atom is -0.462 e. The number of esters is 1. The van der Waals surface area contributed by atoms with Crippen molar-refractivity contribution in [2.24, 2.45) is 0 Å². The number of amides is 1. The summed E-state index contributed by atoms with van der Waals surface area (Å²) in [5.74, 6) is 1.06. The van der Waals surface area contributed by atoms with Gasteiger partial charge in [-0.3, -0.25) is 4.79 Å². The maximum atomic E-state index is 11.7. The summed E-state index contributed by atoms with van der Waals surface area (Å²) in [6.45, 7) is 6.02. The lowest BCUT2D eigenvalue weighted by molar-refractivity contribution is -0.138. The molecule has 0 aliphatic carbocycles. The lowest BCUT2D eigenvalue weighted by Gasteiger charge is -2.07. The third-order valence-electron chi connectivity index (χ3n) is 4.13. The van der Waals surface area contributed by atoms with E-state index < -0.39 is 0 Å². The Balaban J connectivity index is 1.80. The van der Waals surface area contributed by atoms with Gasteiger partial charge in [-0.05, 0) is 32.6 Å². The number of unbranched alkanes of at least 4 members (excludes halogenated alkanes) is 5. The summed E-state index contributed by atoms with van der Waals surface area (Å²) in [5.41, 5.74) is 0.403. The Morgan fingerprint density at radius 1 is 1.12 bits per heavy atom. The van der Waals surface area contributed by atoms with Gasteiger partial charge in [0.1, 0.15) is 0 Å². The fourth-order valence-corrected chi connectivity index (χ4v) is 5.63. The Morgan fingerprint density at radius 3 is 2.52 bits per heavy atom. The van der Waals surface area contributed by atoms with Crippen molar-refractivity contribution >= 4 is 33.5 Å². The molecule has 1 N–H and O–H groups in total. The summed E-state index contributed by atoms with van der Waals surface area (Å²) < 4.78 is 4.97. The van der Waals surface area contributed by atoms with Crippen molar-refractivity contribution < 1.29 is 14.3 Å². The second-order valence-electron chi connectivity index (χ2n) is 6.61. The predicted octanol–water partition coefficient (Wildman–Crippen LogP) is 4.89. The molecule has 25 heavy (non-hydrogen) atoms. The molecule has 6 heteroatoms. The molecular formula is C19H33NO3S2. The maximum absolute atomic E-state index is 11.7. The Bertz CT molecular complexity index is 409. The normalized spacial score (nSPS) is 16.6. The molecule has 1 unspecified atom stereocenters. The van der Waals surface area contributed by atoms with Gasteiger partial charge in [0.15, 0.2) is 0 Å². The van der Waals surface area contributed by atoms with Gasteiger partial charge in [-0.15, -0.1) is 0 Å². The number of hydrogen-bond donors (Lipinski definition) is 1. The molecule has 1 aliphatic rings. The minimum absolute atomic E-state index is 0.0991. The van der Waals surface area contributed by atoms with Crippen LogP contribution < -0.4 is 5.32 Å². The summed E-state index contributed by atoms with van der Waals surface area (Å²) in [6, 6.07) is 0. The summed E-state index contributed by atoms with van der Waals surface area (Å²) in [4.78, 5) is 22.9. The molecule has 1 atom stereocenters. The van der Waals surface area contributed by atoms with Gasteiger partial charge < -0.3 is 10.1 Å². The van der Waals surface area contributed by atoms with Crippen molar-refractivity contribution in [1.29, 1.82) is 0 Å². The van der Waals surface area contributed by atoms with Crippen molar-refractivity contribution in [3.05, 3.63) is 12.2 Å². The van der Waals surface area contributed by atoms with Crippen molar-refractivity contribution in [1.82, 2.24) is 5.32 Å². The molecule has 0 aromatic carbocycles. The molecule has 1 aliphatic heterocycles. The molecule has 0 bridgehead atoms. The number of ether oxygens (including phenoxy) is 1. The average Bonchev–Trinajstić information content (AvgIpc) is 3.10. The van der Waals surface area contributed by atoms with Crippen LogP contribution in [0, 0.1) is 0 Å². The number of nitrogens with one attached hydrogen (secondary N) is 1. The molecule has 1 rings (SSSR count). The third-order valence-corrected chi connectivity index (χ3v) is 7.14. The van der Waals surface area contributed by atoms with Crippen LogP contribution in [0.2, 0.25) is 0 Å². The standard InChI is InChI=1S/C19H33NO3S2/c1-16(2)19(22)23-14-9-13-20-18(21)11-8-6-4-3-5-7-10-17-12-15-24-25-17/h17H,1,3-15H2,2H3,(H,20,21). The van der Waals surface area contributed by atoms with E-state index in [1.54, 1.807) is 6.92 Å². The second-order valence-corrected chi connectivity index (χ2v) is 9.40. The first kappa shape index (κ1) is 22.4. The van der Waals surface area contributed by atoms with Crippen LogP contribution >= 0.6 is 21.6 Å². The van der Waals surface area contributed by atoms with E-state index >= 15 is 0 Å². The number of rotatable bonds is 14. The van der Waals surface area contributed by atoms with Crippen molar-refractivity contribution in [2.75, 3.05) is 18.9 Å². The zero-order valence-corrected chi connectivity index (χ0v) is 17.2. The first-order chi connectivity index (χ1) is 12.1. The Kier molecular flexibility index (Phi) is 13.0. The topological polar surface area (TPSA) is 55.4 Å². The minimum atomic E-state index is -0.368. The fraction of sp³-hybridized carbons (Fsp3) is 0.789. The highest BCUT2D eigenvalue weighted by molar-refractivity contribution is 8.77. The molecule has 1 heterocycles. The number of carbonyl (C=O) groups excluding carboxylic acids is 2. The van der Waals surface area contributed by atoms with Crippen LogP contribution in [-0.2, 0) is 14.3 Å².